The molecule has 0 N–H and O–H groups in total. The van der Waals surface area contributed by atoms with Crippen LogP contribution in [0.25, 0.3) is 65.0 Å². The van der Waals surface area contributed by atoms with Crippen LogP contribution in [0, 0.1) is 0 Å². The molecule has 0 radical (unpaired) electrons. The average Bonchev–Trinajstić information content (AvgIpc) is 3.41. The van der Waals surface area contributed by atoms with E-state index in [9.17, 15) is 0 Å². The van der Waals surface area contributed by atoms with Crippen LogP contribution >= 0.6 is 0 Å². The average molecular weight is 536 g/mol. The first-order valence-electron chi connectivity index (χ1n) is 14.3. The lowest BCUT2D eigenvalue weighted by Gasteiger charge is -2.26. The van der Waals surface area contributed by atoms with E-state index < -0.39 is 0 Å². The summed E-state index contributed by atoms with van der Waals surface area (Å²) in [4.78, 5) is 2.31. The van der Waals surface area contributed by atoms with Crippen LogP contribution in [0.2, 0.25) is 0 Å². The summed E-state index contributed by atoms with van der Waals surface area (Å²) in [5, 5.41) is 12.2. The number of benzene rings is 8. The lowest BCUT2D eigenvalue weighted by atomic mass is 10.00. The topological polar surface area (TPSA) is 16.4 Å². The standard InChI is InChI=1S/C40H25NO/c1-2-10-30(11-3-1)41(31-18-20-35-28(22-31)16-14-26-8-4-6-12-33(26)35)32-19-21-36-38-23-29-17-15-27-9-5-7-13-34(27)37(29)25-40(38)42-39(36)24-32/h1-25H. The molecule has 1 aromatic heterocycles. The highest BCUT2D eigenvalue weighted by Crippen LogP contribution is 2.41. The largest absolute Gasteiger partial charge is 0.456 e. The molecule has 42 heavy (non-hydrogen) atoms. The van der Waals surface area contributed by atoms with E-state index >= 15 is 0 Å². The molecule has 0 aliphatic rings. The maximum atomic E-state index is 6.56. The van der Waals surface area contributed by atoms with Gasteiger partial charge in [0.05, 0.1) is 0 Å². The first-order valence-corrected chi connectivity index (χ1v) is 14.3. The molecule has 0 atom stereocenters. The predicted molar refractivity (Wildman–Crippen MR) is 178 cm³/mol. The minimum absolute atomic E-state index is 0.884. The Kier molecular flexibility index (Phi) is 4.93. The fourth-order valence-electron chi connectivity index (χ4n) is 6.57. The zero-order chi connectivity index (χ0) is 27.6. The van der Waals surface area contributed by atoms with E-state index in [2.05, 4.69) is 157 Å². The zero-order valence-electron chi connectivity index (χ0n) is 22.8. The smallest absolute Gasteiger partial charge is 0.137 e. The van der Waals surface area contributed by atoms with Crippen LogP contribution in [0.3, 0.4) is 0 Å². The molecule has 0 unspecified atom stereocenters. The number of anilines is 3. The van der Waals surface area contributed by atoms with Gasteiger partial charge in [-0.1, -0.05) is 97.1 Å². The third kappa shape index (κ3) is 3.52. The Balaban J connectivity index is 1.24. The van der Waals surface area contributed by atoms with E-state index in [0.717, 1.165) is 39.0 Å². The molecule has 1 heterocycles. The lowest BCUT2D eigenvalue weighted by molar-refractivity contribution is 0.669. The van der Waals surface area contributed by atoms with E-state index in [4.69, 9.17) is 4.42 Å². The minimum Gasteiger partial charge on any atom is -0.456 e. The number of para-hydroxylation sites is 1. The molecule has 0 fully saturated rings. The van der Waals surface area contributed by atoms with Crippen molar-refractivity contribution in [1.82, 2.24) is 0 Å². The Labute approximate surface area is 242 Å². The van der Waals surface area contributed by atoms with Crippen molar-refractivity contribution in [3.8, 4) is 0 Å². The number of rotatable bonds is 3. The van der Waals surface area contributed by atoms with Crippen LogP contribution in [0.15, 0.2) is 156 Å². The van der Waals surface area contributed by atoms with Gasteiger partial charge in [0, 0.05) is 33.9 Å². The van der Waals surface area contributed by atoms with Crippen molar-refractivity contribution in [1.29, 1.82) is 0 Å². The number of nitrogens with zero attached hydrogens (tertiary/aromatic N) is 1. The van der Waals surface area contributed by atoms with Crippen LogP contribution in [0.5, 0.6) is 0 Å². The van der Waals surface area contributed by atoms with Crippen molar-refractivity contribution in [2.75, 3.05) is 4.90 Å². The second kappa shape index (κ2) is 8.95. The van der Waals surface area contributed by atoms with Crippen LogP contribution < -0.4 is 4.90 Å². The zero-order valence-corrected chi connectivity index (χ0v) is 22.8. The normalized spacial score (nSPS) is 11.8. The van der Waals surface area contributed by atoms with Gasteiger partial charge in [-0.2, -0.15) is 0 Å². The van der Waals surface area contributed by atoms with Gasteiger partial charge in [-0.15, -0.1) is 0 Å². The highest BCUT2D eigenvalue weighted by molar-refractivity contribution is 6.16. The molecule has 0 amide bonds. The molecule has 0 saturated carbocycles. The summed E-state index contributed by atoms with van der Waals surface area (Å²) in [6, 6.07) is 54.4. The molecule has 196 valence electrons. The Morgan fingerprint density at radius 2 is 0.857 bits per heavy atom. The molecule has 0 bridgehead atoms. The molecular weight excluding hydrogens is 510 g/mol. The van der Waals surface area contributed by atoms with Gasteiger partial charge in [0.15, 0.2) is 0 Å². The second-order valence-corrected chi connectivity index (χ2v) is 11.0. The Morgan fingerprint density at radius 3 is 1.62 bits per heavy atom. The van der Waals surface area contributed by atoms with Crippen molar-refractivity contribution in [3.63, 3.8) is 0 Å². The number of hydrogen-bond acceptors (Lipinski definition) is 2. The Bertz CT molecular complexity index is 2470. The lowest BCUT2D eigenvalue weighted by Crippen LogP contribution is -2.09. The fourth-order valence-corrected chi connectivity index (χ4v) is 6.57. The van der Waals surface area contributed by atoms with Crippen molar-refractivity contribution in [2.24, 2.45) is 0 Å². The molecule has 0 aliphatic carbocycles. The first-order chi connectivity index (χ1) is 20.8. The summed E-state index contributed by atoms with van der Waals surface area (Å²) in [5.41, 5.74) is 5.06. The second-order valence-electron chi connectivity index (χ2n) is 11.0. The van der Waals surface area contributed by atoms with Gasteiger partial charge in [0.2, 0.25) is 0 Å². The van der Waals surface area contributed by atoms with Crippen molar-refractivity contribution < 1.29 is 4.42 Å². The molecule has 2 nitrogen and oxygen atoms in total. The molecule has 0 saturated heterocycles. The van der Waals surface area contributed by atoms with Gasteiger partial charge in [0.25, 0.3) is 0 Å². The summed E-state index contributed by atoms with van der Waals surface area (Å²) >= 11 is 0. The highest BCUT2D eigenvalue weighted by Gasteiger charge is 2.17. The van der Waals surface area contributed by atoms with Gasteiger partial charge in [0.1, 0.15) is 11.2 Å². The summed E-state index contributed by atoms with van der Waals surface area (Å²) in [6.07, 6.45) is 0. The summed E-state index contributed by atoms with van der Waals surface area (Å²) in [5.74, 6) is 0. The van der Waals surface area contributed by atoms with Gasteiger partial charge >= 0.3 is 0 Å². The molecule has 0 spiro atoms. The number of furan rings is 1. The quantitative estimate of drug-likeness (QED) is 0.209. The SMILES string of the molecule is c1ccc(N(c2ccc3c(ccc4ccccc43)c2)c2ccc3c(c2)oc2cc4c(ccc5ccccc54)cc23)cc1. The highest BCUT2D eigenvalue weighted by atomic mass is 16.3. The maximum absolute atomic E-state index is 6.56. The molecule has 9 rings (SSSR count). The van der Waals surface area contributed by atoms with Crippen LogP contribution in [0.1, 0.15) is 0 Å². The number of hydrogen-bond donors (Lipinski definition) is 0. The minimum atomic E-state index is 0.884. The molecule has 0 aliphatic heterocycles. The molecule has 8 aromatic carbocycles. The van der Waals surface area contributed by atoms with E-state index in [0.29, 0.717) is 0 Å². The van der Waals surface area contributed by atoms with E-state index in [1.54, 1.807) is 0 Å². The number of fused-ring (bicyclic) bond motifs is 9. The molecular formula is C40H25NO. The summed E-state index contributed by atoms with van der Waals surface area (Å²) < 4.78 is 6.56. The maximum Gasteiger partial charge on any atom is 0.137 e. The van der Waals surface area contributed by atoms with Crippen LogP contribution in [-0.4, -0.2) is 0 Å². The van der Waals surface area contributed by atoms with Crippen molar-refractivity contribution in [2.45, 2.75) is 0 Å². The Hall–Kier alpha value is -5.60. The van der Waals surface area contributed by atoms with Crippen LogP contribution in [0.4, 0.5) is 17.1 Å². The summed E-state index contributed by atoms with van der Waals surface area (Å²) in [7, 11) is 0. The molecule has 2 heteroatoms. The third-order valence-electron chi connectivity index (χ3n) is 8.58. The van der Waals surface area contributed by atoms with Crippen molar-refractivity contribution in [3.05, 3.63) is 152 Å². The fraction of sp³-hybridized carbons (Fsp3) is 0. The first kappa shape index (κ1) is 23.1. The van der Waals surface area contributed by atoms with E-state index in [-0.39, 0.29) is 0 Å². The van der Waals surface area contributed by atoms with Crippen molar-refractivity contribution >= 4 is 82.1 Å². The third-order valence-corrected chi connectivity index (χ3v) is 8.58. The van der Waals surface area contributed by atoms with E-state index in [1.807, 2.05) is 0 Å². The van der Waals surface area contributed by atoms with Gasteiger partial charge in [-0.25, -0.2) is 0 Å². The van der Waals surface area contributed by atoms with Crippen LogP contribution in [-0.2, 0) is 0 Å². The van der Waals surface area contributed by atoms with Gasteiger partial charge in [-0.05, 0) is 91.6 Å². The van der Waals surface area contributed by atoms with Gasteiger partial charge < -0.3 is 9.32 Å². The van der Waals surface area contributed by atoms with Gasteiger partial charge in [-0.3, -0.25) is 0 Å². The Morgan fingerprint density at radius 1 is 0.310 bits per heavy atom. The predicted octanol–water partition coefficient (Wildman–Crippen LogP) is 11.7. The monoisotopic (exact) mass is 535 g/mol. The summed E-state index contributed by atoms with van der Waals surface area (Å²) in [6.45, 7) is 0. The van der Waals surface area contributed by atoms with E-state index in [1.165, 1.54) is 43.1 Å². The molecule has 9 aromatic rings.